The number of aryl methyl sites for hydroxylation is 1. The molecule has 1 N–H and O–H groups in total. The number of carbonyl (C=O) groups is 1. The van der Waals surface area contributed by atoms with Crippen LogP contribution in [0.2, 0.25) is 0 Å². The van der Waals surface area contributed by atoms with Crippen LogP contribution in [0.5, 0.6) is 0 Å². The minimum absolute atomic E-state index is 0.180. The maximum atomic E-state index is 13.5. The summed E-state index contributed by atoms with van der Waals surface area (Å²) >= 11 is 0. The molecule has 1 aliphatic rings. The van der Waals surface area contributed by atoms with Crippen LogP contribution >= 0.6 is 0 Å². The van der Waals surface area contributed by atoms with Crippen LogP contribution in [0.25, 0.3) is 10.9 Å². The largest absolute Gasteiger partial charge is 0.369 e. The first-order valence-corrected chi connectivity index (χ1v) is 11.2. The number of hydrogen-bond acceptors (Lipinski definition) is 4. The molecule has 31 heavy (non-hydrogen) atoms. The van der Waals surface area contributed by atoms with E-state index in [0.29, 0.717) is 24.4 Å². The number of anilines is 1. The fourth-order valence-electron chi connectivity index (χ4n) is 4.67. The molecule has 162 valence electrons. The molecular weight excluding hydrogens is 388 g/mol. The van der Waals surface area contributed by atoms with Crippen molar-refractivity contribution in [2.75, 3.05) is 11.4 Å². The second-order valence-corrected chi connectivity index (χ2v) is 8.54. The Morgan fingerprint density at radius 2 is 1.81 bits per heavy atom. The van der Waals surface area contributed by atoms with Gasteiger partial charge in [0.1, 0.15) is 0 Å². The molecule has 0 aliphatic heterocycles. The third-order valence-electron chi connectivity index (χ3n) is 6.41. The van der Waals surface area contributed by atoms with E-state index in [1.165, 1.54) is 4.57 Å². The minimum atomic E-state index is -1.14. The van der Waals surface area contributed by atoms with Crippen molar-refractivity contribution < 1.29 is 9.90 Å². The highest BCUT2D eigenvalue weighted by Gasteiger charge is 2.26. The van der Waals surface area contributed by atoms with Gasteiger partial charge in [-0.15, -0.1) is 0 Å². The molecule has 0 amide bonds. The summed E-state index contributed by atoms with van der Waals surface area (Å²) in [6.07, 6.45) is 3.60. The van der Waals surface area contributed by atoms with E-state index in [2.05, 4.69) is 0 Å². The topological polar surface area (TPSA) is 62.5 Å². The maximum Gasteiger partial charge on any atom is 0.265 e. The van der Waals surface area contributed by atoms with Crippen LogP contribution in [-0.2, 0) is 0 Å². The maximum absolute atomic E-state index is 13.5. The number of aliphatic hydroxyl groups excluding tert-OH is 1. The van der Waals surface area contributed by atoms with E-state index >= 15 is 0 Å². The summed E-state index contributed by atoms with van der Waals surface area (Å²) in [6, 6.07) is 17.0. The lowest BCUT2D eigenvalue weighted by atomic mass is 10.0. The summed E-state index contributed by atoms with van der Waals surface area (Å²) in [7, 11) is 0. The van der Waals surface area contributed by atoms with Gasteiger partial charge >= 0.3 is 0 Å². The Balaban J connectivity index is 1.78. The zero-order valence-corrected chi connectivity index (χ0v) is 18.3. The lowest BCUT2D eigenvalue weighted by Gasteiger charge is -2.29. The average Bonchev–Trinajstić information content (AvgIpc) is 3.28. The van der Waals surface area contributed by atoms with Crippen LogP contribution in [0.3, 0.4) is 0 Å². The zero-order valence-electron chi connectivity index (χ0n) is 18.3. The van der Waals surface area contributed by atoms with Gasteiger partial charge in [0.15, 0.2) is 6.23 Å². The van der Waals surface area contributed by atoms with Gasteiger partial charge in [0.05, 0.1) is 11.1 Å². The fraction of sp³-hybridized carbons (Fsp3) is 0.385. The molecule has 0 bridgehead atoms. The standard InChI is InChI=1S/C26H30N2O3/c1-3-27(21-14-12-18(2)13-15-21)25(30)22-17-20-10-6-7-11-23(20)28(26(22)31)24(29)16-19-8-4-5-9-19/h6-7,10-15,17,19,25,30H,3-5,8-9,16H2,1-2H3. The number of nitrogens with zero attached hydrogens (tertiary/aromatic N) is 2. The molecule has 5 nitrogen and oxygen atoms in total. The van der Waals surface area contributed by atoms with Gasteiger partial charge in [-0.05, 0) is 62.3 Å². The lowest BCUT2D eigenvalue weighted by molar-refractivity contribution is 0.0880. The van der Waals surface area contributed by atoms with Crippen molar-refractivity contribution in [2.45, 2.75) is 52.2 Å². The third kappa shape index (κ3) is 4.28. The van der Waals surface area contributed by atoms with Gasteiger partial charge in [-0.2, -0.15) is 0 Å². The Bertz CT molecular complexity index is 1130. The average molecular weight is 419 g/mol. The SMILES string of the molecule is CCN(c1ccc(C)cc1)C(O)c1cc2ccccc2n(C(=O)CC2CCCC2)c1=O. The molecule has 0 radical (unpaired) electrons. The number of aromatic nitrogens is 1. The minimum Gasteiger partial charge on any atom is -0.369 e. The third-order valence-corrected chi connectivity index (χ3v) is 6.41. The highest BCUT2D eigenvalue weighted by molar-refractivity contribution is 5.91. The van der Waals surface area contributed by atoms with E-state index < -0.39 is 11.8 Å². The summed E-state index contributed by atoms with van der Waals surface area (Å²) in [5.74, 6) is 0.159. The predicted molar refractivity (Wildman–Crippen MR) is 125 cm³/mol. The normalized spacial score (nSPS) is 15.3. The smallest absolute Gasteiger partial charge is 0.265 e. The Labute approximate surface area is 182 Å². The van der Waals surface area contributed by atoms with E-state index in [1.54, 1.807) is 17.0 Å². The van der Waals surface area contributed by atoms with Crippen LogP contribution in [0.15, 0.2) is 59.4 Å². The van der Waals surface area contributed by atoms with Gasteiger partial charge in [0.2, 0.25) is 5.91 Å². The van der Waals surface area contributed by atoms with E-state index in [4.69, 9.17) is 0 Å². The molecule has 0 saturated heterocycles. The Hall–Kier alpha value is -2.92. The van der Waals surface area contributed by atoms with Crippen molar-refractivity contribution in [1.82, 2.24) is 4.57 Å². The predicted octanol–water partition coefficient (Wildman–Crippen LogP) is 5.05. The Morgan fingerprint density at radius 3 is 2.48 bits per heavy atom. The summed E-state index contributed by atoms with van der Waals surface area (Å²) in [5.41, 5.74) is 2.35. The van der Waals surface area contributed by atoms with Crippen molar-refractivity contribution in [3.63, 3.8) is 0 Å². The number of rotatable bonds is 6. The first-order valence-electron chi connectivity index (χ1n) is 11.2. The molecule has 3 aromatic rings. The van der Waals surface area contributed by atoms with Crippen molar-refractivity contribution in [3.8, 4) is 0 Å². The molecular formula is C26H30N2O3. The van der Waals surface area contributed by atoms with Crippen LogP contribution in [0, 0.1) is 12.8 Å². The van der Waals surface area contributed by atoms with Gasteiger partial charge in [0.25, 0.3) is 5.56 Å². The number of carbonyl (C=O) groups excluding carboxylic acids is 1. The van der Waals surface area contributed by atoms with Crippen LogP contribution in [0.1, 0.15) is 61.2 Å². The lowest BCUT2D eigenvalue weighted by Crippen LogP contribution is -2.37. The number of aliphatic hydroxyl groups is 1. The van der Waals surface area contributed by atoms with Gasteiger partial charge in [-0.25, -0.2) is 4.57 Å². The molecule has 1 aromatic heterocycles. The molecule has 1 fully saturated rings. The molecule has 1 atom stereocenters. The van der Waals surface area contributed by atoms with Crippen molar-refractivity contribution in [2.24, 2.45) is 5.92 Å². The highest BCUT2D eigenvalue weighted by Crippen LogP contribution is 2.29. The van der Waals surface area contributed by atoms with Crippen molar-refractivity contribution >= 4 is 22.5 Å². The zero-order chi connectivity index (χ0) is 22.0. The second kappa shape index (κ2) is 9.06. The van der Waals surface area contributed by atoms with E-state index in [0.717, 1.165) is 42.3 Å². The number of fused-ring (bicyclic) bond motifs is 1. The molecule has 5 heteroatoms. The molecule has 1 heterocycles. The highest BCUT2D eigenvalue weighted by atomic mass is 16.3. The summed E-state index contributed by atoms with van der Waals surface area (Å²) in [4.78, 5) is 28.5. The summed E-state index contributed by atoms with van der Waals surface area (Å²) < 4.78 is 1.29. The summed E-state index contributed by atoms with van der Waals surface area (Å²) in [5, 5.41) is 12.0. The summed E-state index contributed by atoms with van der Waals surface area (Å²) in [6.45, 7) is 4.47. The monoisotopic (exact) mass is 418 g/mol. The number of pyridine rings is 1. The first kappa shape index (κ1) is 21.3. The van der Waals surface area contributed by atoms with Crippen LogP contribution in [0.4, 0.5) is 5.69 Å². The molecule has 1 unspecified atom stereocenters. The van der Waals surface area contributed by atoms with Crippen molar-refractivity contribution in [3.05, 3.63) is 76.1 Å². The van der Waals surface area contributed by atoms with E-state index in [9.17, 15) is 14.7 Å². The molecule has 1 aliphatic carbocycles. The molecule has 1 saturated carbocycles. The second-order valence-electron chi connectivity index (χ2n) is 8.54. The number of benzene rings is 2. The molecule has 2 aromatic carbocycles. The van der Waals surface area contributed by atoms with Crippen molar-refractivity contribution in [1.29, 1.82) is 0 Å². The van der Waals surface area contributed by atoms with Gasteiger partial charge < -0.3 is 10.0 Å². The fourth-order valence-corrected chi connectivity index (χ4v) is 4.67. The van der Waals surface area contributed by atoms with Gasteiger partial charge in [-0.1, -0.05) is 48.7 Å². The number of hydrogen-bond donors (Lipinski definition) is 1. The Kier molecular flexibility index (Phi) is 6.23. The number of para-hydroxylation sites is 1. The Morgan fingerprint density at radius 1 is 1.13 bits per heavy atom. The van der Waals surface area contributed by atoms with Crippen LogP contribution < -0.4 is 10.5 Å². The van der Waals surface area contributed by atoms with Crippen LogP contribution in [-0.4, -0.2) is 22.1 Å². The van der Waals surface area contributed by atoms with E-state index in [-0.39, 0.29) is 11.5 Å². The quantitative estimate of drug-likeness (QED) is 0.569. The van der Waals surface area contributed by atoms with Gasteiger partial charge in [-0.3, -0.25) is 9.59 Å². The van der Waals surface area contributed by atoms with E-state index in [1.807, 2.05) is 56.3 Å². The molecule has 0 spiro atoms. The van der Waals surface area contributed by atoms with Gasteiger partial charge in [0, 0.05) is 18.7 Å². The first-order chi connectivity index (χ1) is 15.0. The molecule has 4 rings (SSSR count).